The van der Waals surface area contributed by atoms with Crippen LogP contribution in [-0.4, -0.2) is 15.0 Å². The molecule has 5 heteroatoms. The highest BCUT2D eigenvalue weighted by atomic mass is 16.1. The van der Waals surface area contributed by atoms with E-state index in [1.165, 1.54) is 0 Å². The monoisotopic (exact) mass is 302 g/mol. The molecule has 0 aliphatic heterocycles. The highest BCUT2D eigenvalue weighted by molar-refractivity contribution is 5.95. The molecular weight excluding hydrogens is 288 g/mol. The summed E-state index contributed by atoms with van der Waals surface area (Å²) in [7, 11) is 0. The first-order chi connectivity index (χ1) is 11.3. The number of benzene rings is 1. The molecule has 0 unspecified atom stereocenters. The predicted octanol–water partition coefficient (Wildman–Crippen LogP) is 3.66. The van der Waals surface area contributed by atoms with Crippen LogP contribution in [0.1, 0.15) is 0 Å². The van der Waals surface area contributed by atoms with E-state index in [1.54, 1.807) is 12.4 Å². The largest absolute Gasteiger partial charge is 0.361 e. The highest BCUT2D eigenvalue weighted by Crippen LogP contribution is 2.27. The van der Waals surface area contributed by atoms with Crippen LogP contribution < -0.4 is 10.9 Å². The van der Waals surface area contributed by atoms with E-state index in [-0.39, 0.29) is 5.56 Å². The fourth-order valence-electron chi connectivity index (χ4n) is 2.66. The molecule has 112 valence electrons. The van der Waals surface area contributed by atoms with Gasteiger partial charge >= 0.3 is 0 Å². The third-order valence-corrected chi connectivity index (χ3v) is 3.73. The van der Waals surface area contributed by atoms with E-state index in [9.17, 15) is 4.79 Å². The Morgan fingerprint density at radius 2 is 1.91 bits per heavy atom. The van der Waals surface area contributed by atoms with E-state index in [0.717, 1.165) is 28.0 Å². The van der Waals surface area contributed by atoms with Crippen LogP contribution >= 0.6 is 0 Å². The van der Waals surface area contributed by atoms with Crippen molar-refractivity contribution in [2.75, 3.05) is 5.32 Å². The van der Waals surface area contributed by atoms with Gasteiger partial charge < -0.3 is 15.3 Å². The summed E-state index contributed by atoms with van der Waals surface area (Å²) in [6.07, 6.45) is 5.24. The van der Waals surface area contributed by atoms with Gasteiger partial charge in [0.1, 0.15) is 5.82 Å². The highest BCUT2D eigenvalue weighted by Gasteiger charge is 2.09. The van der Waals surface area contributed by atoms with Crippen LogP contribution in [0.4, 0.5) is 11.5 Å². The van der Waals surface area contributed by atoms with E-state index in [4.69, 9.17) is 0 Å². The first-order valence-corrected chi connectivity index (χ1v) is 7.28. The van der Waals surface area contributed by atoms with E-state index < -0.39 is 0 Å². The third kappa shape index (κ3) is 2.48. The smallest absolute Gasteiger partial charge is 0.255 e. The minimum Gasteiger partial charge on any atom is -0.361 e. The van der Waals surface area contributed by atoms with Crippen LogP contribution in [-0.2, 0) is 0 Å². The molecule has 0 aliphatic rings. The van der Waals surface area contributed by atoms with Crippen molar-refractivity contribution in [1.82, 2.24) is 15.0 Å². The molecule has 23 heavy (non-hydrogen) atoms. The average molecular weight is 302 g/mol. The zero-order chi connectivity index (χ0) is 15.6. The molecule has 4 rings (SSSR count). The van der Waals surface area contributed by atoms with Crippen LogP contribution in [0.2, 0.25) is 0 Å². The number of pyridine rings is 2. The van der Waals surface area contributed by atoms with Gasteiger partial charge in [0, 0.05) is 35.1 Å². The maximum absolute atomic E-state index is 12.3. The second-order valence-electron chi connectivity index (χ2n) is 5.22. The Bertz CT molecular complexity index is 1020. The summed E-state index contributed by atoms with van der Waals surface area (Å²) >= 11 is 0. The molecule has 3 heterocycles. The van der Waals surface area contributed by atoms with Gasteiger partial charge in [0.25, 0.3) is 5.56 Å². The number of aromatic amines is 2. The van der Waals surface area contributed by atoms with Crippen molar-refractivity contribution in [3.8, 4) is 11.1 Å². The average Bonchev–Trinajstić information content (AvgIpc) is 3.06. The van der Waals surface area contributed by atoms with Crippen LogP contribution in [0.25, 0.3) is 22.0 Å². The molecular formula is C18H14N4O. The van der Waals surface area contributed by atoms with Crippen LogP contribution in [0.15, 0.2) is 71.9 Å². The van der Waals surface area contributed by atoms with Crippen molar-refractivity contribution in [2.24, 2.45) is 0 Å². The van der Waals surface area contributed by atoms with E-state index in [1.807, 2.05) is 54.7 Å². The molecule has 4 aromatic rings. The number of nitrogens with one attached hydrogen (secondary N) is 3. The Balaban J connectivity index is 1.81. The molecule has 1 aromatic carbocycles. The summed E-state index contributed by atoms with van der Waals surface area (Å²) in [6, 6.07) is 15.3. The van der Waals surface area contributed by atoms with Crippen molar-refractivity contribution in [3.05, 3.63) is 77.5 Å². The lowest BCUT2D eigenvalue weighted by Gasteiger charge is -2.08. The minimum atomic E-state index is -0.120. The van der Waals surface area contributed by atoms with E-state index in [0.29, 0.717) is 5.56 Å². The van der Waals surface area contributed by atoms with Gasteiger partial charge in [0.15, 0.2) is 0 Å². The fraction of sp³-hybridized carbons (Fsp3) is 0. The molecule has 0 aliphatic carbocycles. The molecule has 0 saturated heterocycles. The van der Waals surface area contributed by atoms with Crippen molar-refractivity contribution in [2.45, 2.75) is 0 Å². The van der Waals surface area contributed by atoms with Gasteiger partial charge in [0.05, 0.1) is 5.69 Å². The Hall–Kier alpha value is -3.34. The molecule has 0 bridgehead atoms. The number of rotatable bonds is 3. The maximum atomic E-state index is 12.3. The number of nitrogens with zero attached hydrogens (tertiary/aromatic N) is 1. The van der Waals surface area contributed by atoms with Gasteiger partial charge in [-0.05, 0) is 35.9 Å². The van der Waals surface area contributed by atoms with Gasteiger partial charge in [-0.15, -0.1) is 0 Å². The second kappa shape index (κ2) is 5.46. The van der Waals surface area contributed by atoms with Crippen LogP contribution in [0, 0.1) is 0 Å². The first kappa shape index (κ1) is 13.3. The second-order valence-corrected chi connectivity index (χ2v) is 5.22. The Kier molecular flexibility index (Phi) is 3.16. The number of fused-ring (bicyclic) bond motifs is 1. The zero-order valence-electron chi connectivity index (χ0n) is 12.2. The number of aromatic nitrogens is 3. The molecule has 0 radical (unpaired) electrons. The molecule has 0 saturated carbocycles. The normalized spacial score (nSPS) is 10.8. The fourth-order valence-corrected chi connectivity index (χ4v) is 2.66. The minimum absolute atomic E-state index is 0.120. The lowest BCUT2D eigenvalue weighted by Crippen LogP contribution is -2.09. The molecule has 0 amide bonds. The molecule has 0 fully saturated rings. The van der Waals surface area contributed by atoms with Crippen molar-refractivity contribution >= 4 is 22.4 Å². The summed E-state index contributed by atoms with van der Waals surface area (Å²) in [5.41, 5.74) is 3.19. The topological polar surface area (TPSA) is 73.6 Å². The summed E-state index contributed by atoms with van der Waals surface area (Å²) in [5.74, 6) is 0.727. The van der Waals surface area contributed by atoms with E-state index in [2.05, 4.69) is 20.3 Å². The summed E-state index contributed by atoms with van der Waals surface area (Å²) in [6.45, 7) is 0. The summed E-state index contributed by atoms with van der Waals surface area (Å²) in [5, 5.41) is 4.22. The van der Waals surface area contributed by atoms with E-state index >= 15 is 0 Å². The number of anilines is 2. The SMILES string of the molecule is O=c1[nH]cc(Nc2ccccn2)cc1-c1cccc2[nH]ccc12. The molecule has 3 N–H and O–H groups in total. The molecule has 0 spiro atoms. The lowest BCUT2D eigenvalue weighted by molar-refractivity contribution is 1.23. The van der Waals surface area contributed by atoms with Gasteiger partial charge in [-0.25, -0.2) is 4.98 Å². The Morgan fingerprint density at radius 1 is 0.957 bits per heavy atom. The third-order valence-electron chi connectivity index (χ3n) is 3.73. The first-order valence-electron chi connectivity index (χ1n) is 7.28. The quantitative estimate of drug-likeness (QED) is 0.540. The standard InChI is InChI=1S/C18H14N4O/c23-18-15(13-4-3-5-16-14(13)7-9-19-16)10-12(11-21-18)22-17-6-1-2-8-20-17/h1-11,19H,(H,20,22)(H,21,23). The maximum Gasteiger partial charge on any atom is 0.255 e. The summed E-state index contributed by atoms with van der Waals surface area (Å²) in [4.78, 5) is 22.5. The number of H-pyrrole nitrogens is 2. The van der Waals surface area contributed by atoms with Gasteiger partial charge in [-0.2, -0.15) is 0 Å². The Morgan fingerprint density at radius 3 is 2.78 bits per heavy atom. The lowest BCUT2D eigenvalue weighted by atomic mass is 10.0. The Labute approximate surface area is 132 Å². The van der Waals surface area contributed by atoms with Crippen LogP contribution in [0.3, 0.4) is 0 Å². The van der Waals surface area contributed by atoms with Gasteiger partial charge in [-0.1, -0.05) is 18.2 Å². The molecule has 5 nitrogen and oxygen atoms in total. The number of hydrogen-bond donors (Lipinski definition) is 3. The molecule has 0 atom stereocenters. The van der Waals surface area contributed by atoms with Crippen molar-refractivity contribution in [3.63, 3.8) is 0 Å². The molecule has 3 aromatic heterocycles. The van der Waals surface area contributed by atoms with Crippen LogP contribution in [0.5, 0.6) is 0 Å². The predicted molar refractivity (Wildman–Crippen MR) is 91.9 cm³/mol. The summed E-state index contributed by atoms with van der Waals surface area (Å²) < 4.78 is 0. The van der Waals surface area contributed by atoms with Crippen molar-refractivity contribution in [1.29, 1.82) is 0 Å². The number of hydrogen-bond acceptors (Lipinski definition) is 3. The zero-order valence-corrected chi connectivity index (χ0v) is 12.2. The van der Waals surface area contributed by atoms with Gasteiger partial charge in [0.2, 0.25) is 0 Å². The van der Waals surface area contributed by atoms with Gasteiger partial charge in [-0.3, -0.25) is 4.79 Å². The van der Waals surface area contributed by atoms with Crippen molar-refractivity contribution < 1.29 is 0 Å².